The number of aliphatic hydroxyl groups is 1. The molecule has 2 heterocycles. The van der Waals surface area contributed by atoms with Crippen LogP contribution in [0.1, 0.15) is 16.1 Å². The Morgan fingerprint density at radius 3 is 3.00 bits per heavy atom. The van der Waals surface area contributed by atoms with E-state index in [4.69, 9.17) is 0 Å². The Morgan fingerprint density at radius 1 is 1.53 bits per heavy atom. The van der Waals surface area contributed by atoms with Crippen LogP contribution >= 0.6 is 11.3 Å². The molecule has 2 rings (SSSR count). The molecule has 1 aromatic rings. The summed E-state index contributed by atoms with van der Waals surface area (Å²) in [4.78, 5) is 25.8. The molecule has 0 atom stereocenters. The molecule has 1 aromatic heterocycles. The highest BCUT2D eigenvalue weighted by Gasteiger charge is 2.17. The van der Waals surface area contributed by atoms with Gasteiger partial charge in [0.25, 0.3) is 5.91 Å². The molecule has 98 valence electrons. The fourth-order valence-electron chi connectivity index (χ4n) is 1.38. The second kappa shape index (κ2) is 5.44. The van der Waals surface area contributed by atoms with Gasteiger partial charge in [-0.2, -0.15) is 0 Å². The van der Waals surface area contributed by atoms with Crippen molar-refractivity contribution in [3.63, 3.8) is 0 Å². The first-order valence-electron chi connectivity index (χ1n) is 5.25. The molecule has 0 fully saturated rings. The second-order valence-electron chi connectivity index (χ2n) is 3.55. The maximum atomic E-state index is 11.9. The average Bonchev–Trinajstić information content (AvgIpc) is 2.78. The van der Waals surface area contributed by atoms with E-state index in [0.29, 0.717) is 6.42 Å². The van der Waals surface area contributed by atoms with Gasteiger partial charge >= 0.3 is 5.00 Å². The van der Waals surface area contributed by atoms with Gasteiger partial charge in [-0.1, -0.05) is 17.4 Å². The van der Waals surface area contributed by atoms with E-state index in [0.717, 1.165) is 11.3 Å². The van der Waals surface area contributed by atoms with Gasteiger partial charge in [0.05, 0.1) is 21.7 Å². The summed E-state index contributed by atoms with van der Waals surface area (Å²) >= 11 is 0.773. The van der Waals surface area contributed by atoms with Crippen molar-refractivity contribution < 1.29 is 14.8 Å². The molecule has 0 aromatic carbocycles. The van der Waals surface area contributed by atoms with E-state index in [2.05, 4.69) is 10.3 Å². The molecule has 19 heavy (non-hydrogen) atoms. The van der Waals surface area contributed by atoms with Crippen molar-refractivity contribution in [3.05, 3.63) is 50.9 Å². The van der Waals surface area contributed by atoms with E-state index in [9.17, 15) is 20.0 Å². The van der Waals surface area contributed by atoms with E-state index < -0.39 is 10.8 Å². The zero-order chi connectivity index (χ0) is 13.8. The lowest BCUT2D eigenvalue weighted by Gasteiger charge is -2.06. The van der Waals surface area contributed by atoms with Crippen molar-refractivity contribution in [2.45, 2.75) is 6.42 Å². The number of amides is 1. The smallest absolute Gasteiger partial charge is 0.324 e. The number of nitrogens with zero attached hydrogens (tertiary/aromatic N) is 2. The molecule has 0 unspecified atom stereocenters. The van der Waals surface area contributed by atoms with Crippen LogP contribution in [0.2, 0.25) is 0 Å². The molecule has 8 heteroatoms. The minimum Gasteiger partial charge on any atom is -0.504 e. The number of aliphatic imine (C=N–C) groups is 1. The van der Waals surface area contributed by atoms with Crippen LogP contribution in [-0.2, 0) is 0 Å². The number of nitro groups is 1. The number of aliphatic hydroxyl groups excluding tert-OH is 1. The number of carbonyl (C=O) groups is 1. The molecule has 0 radical (unpaired) electrons. The first-order valence-corrected chi connectivity index (χ1v) is 6.06. The Labute approximate surface area is 111 Å². The Hall–Kier alpha value is -2.48. The van der Waals surface area contributed by atoms with Gasteiger partial charge in [0, 0.05) is 18.7 Å². The molecule has 2 N–H and O–H groups in total. The summed E-state index contributed by atoms with van der Waals surface area (Å²) in [5, 5.41) is 22.5. The lowest BCUT2D eigenvalue weighted by Crippen LogP contribution is -2.22. The van der Waals surface area contributed by atoms with E-state index in [1.165, 1.54) is 18.3 Å². The summed E-state index contributed by atoms with van der Waals surface area (Å²) < 4.78 is 0. The van der Waals surface area contributed by atoms with Crippen LogP contribution in [0.3, 0.4) is 0 Å². The largest absolute Gasteiger partial charge is 0.504 e. The van der Waals surface area contributed by atoms with Crippen LogP contribution in [0, 0.1) is 10.1 Å². The van der Waals surface area contributed by atoms with Crippen molar-refractivity contribution in [2.24, 2.45) is 4.99 Å². The number of allylic oxidation sites excluding steroid dienone is 1. The summed E-state index contributed by atoms with van der Waals surface area (Å²) in [6.07, 6.45) is 4.87. The molecular weight excluding hydrogens is 270 g/mol. The predicted octanol–water partition coefficient (Wildman–Crippen LogP) is 2.14. The third-order valence-electron chi connectivity index (χ3n) is 2.25. The highest BCUT2D eigenvalue weighted by Crippen LogP contribution is 2.24. The van der Waals surface area contributed by atoms with Gasteiger partial charge in [0.2, 0.25) is 0 Å². The Kier molecular flexibility index (Phi) is 3.71. The second-order valence-corrected chi connectivity index (χ2v) is 4.61. The number of thiophene rings is 1. The third kappa shape index (κ3) is 3.05. The topological polar surface area (TPSA) is 105 Å². The molecular formula is C11H9N3O4S. The molecule has 1 aliphatic heterocycles. The summed E-state index contributed by atoms with van der Waals surface area (Å²) in [6, 6.07) is 2.63. The quantitative estimate of drug-likeness (QED) is 0.653. The van der Waals surface area contributed by atoms with Gasteiger partial charge in [-0.25, -0.2) is 0 Å². The van der Waals surface area contributed by atoms with E-state index in [1.54, 1.807) is 12.3 Å². The standard InChI is InChI=1S/C11H9N3O4S/c15-8-6-12-5-1-2-7(8)13-11(16)9-3-4-10(19-9)14(17)18/h2-6,15H,1H2,(H,13,16). The van der Waals surface area contributed by atoms with Gasteiger partial charge < -0.3 is 10.4 Å². The molecule has 1 amide bonds. The number of carbonyl (C=O) groups excluding carboxylic acids is 1. The van der Waals surface area contributed by atoms with Crippen LogP contribution in [0.5, 0.6) is 0 Å². The lowest BCUT2D eigenvalue weighted by atomic mass is 10.3. The SMILES string of the molecule is O=C(NC1=CCC=NC=C1O)c1ccc([N+](=O)[O-])s1. The summed E-state index contributed by atoms with van der Waals surface area (Å²) in [5.74, 6) is -0.667. The van der Waals surface area contributed by atoms with Crippen LogP contribution in [-0.4, -0.2) is 22.2 Å². The average molecular weight is 279 g/mol. The zero-order valence-corrected chi connectivity index (χ0v) is 10.4. The fourth-order valence-corrected chi connectivity index (χ4v) is 2.09. The first-order chi connectivity index (χ1) is 9.08. The van der Waals surface area contributed by atoms with E-state index >= 15 is 0 Å². The normalized spacial score (nSPS) is 14.3. The zero-order valence-electron chi connectivity index (χ0n) is 9.57. The van der Waals surface area contributed by atoms with Crippen molar-refractivity contribution >= 4 is 28.5 Å². The predicted molar refractivity (Wildman–Crippen MR) is 70.3 cm³/mol. The van der Waals surface area contributed by atoms with Gasteiger partial charge in [-0.15, -0.1) is 0 Å². The third-order valence-corrected chi connectivity index (χ3v) is 3.28. The maximum absolute atomic E-state index is 11.9. The van der Waals surface area contributed by atoms with Crippen LogP contribution in [0.15, 0.2) is 40.9 Å². The van der Waals surface area contributed by atoms with Gasteiger partial charge in [0.15, 0.2) is 5.76 Å². The number of nitrogens with one attached hydrogen (secondary N) is 1. The molecule has 7 nitrogen and oxygen atoms in total. The summed E-state index contributed by atoms with van der Waals surface area (Å²) in [7, 11) is 0. The van der Waals surface area contributed by atoms with Crippen molar-refractivity contribution in [1.29, 1.82) is 0 Å². The molecule has 0 saturated carbocycles. The lowest BCUT2D eigenvalue weighted by molar-refractivity contribution is -0.380. The first kappa shape index (κ1) is 13.0. The van der Waals surface area contributed by atoms with E-state index in [-0.39, 0.29) is 21.3 Å². The maximum Gasteiger partial charge on any atom is 0.324 e. The minimum atomic E-state index is -0.558. The highest BCUT2D eigenvalue weighted by molar-refractivity contribution is 7.17. The molecule has 0 bridgehead atoms. The number of hydrogen-bond donors (Lipinski definition) is 2. The fraction of sp³-hybridized carbons (Fsp3) is 0.0909. The Morgan fingerprint density at radius 2 is 2.32 bits per heavy atom. The number of rotatable bonds is 3. The molecule has 0 aliphatic carbocycles. The van der Waals surface area contributed by atoms with Crippen LogP contribution < -0.4 is 5.32 Å². The molecule has 0 spiro atoms. The molecule has 0 saturated heterocycles. The van der Waals surface area contributed by atoms with Crippen molar-refractivity contribution in [2.75, 3.05) is 0 Å². The summed E-state index contributed by atoms with van der Waals surface area (Å²) in [5.41, 5.74) is 0.235. The minimum absolute atomic E-state index is 0.108. The number of hydrogen-bond acceptors (Lipinski definition) is 6. The monoisotopic (exact) mass is 279 g/mol. The van der Waals surface area contributed by atoms with E-state index in [1.807, 2.05) is 0 Å². The van der Waals surface area contributed by atoms with Gasteiger partial charge in [0.1, 0.15) is 0 Å². The highest BCUT2D eigenvalue weighted by atomic mass is 32.1. The van der Waals surface area contributed by atoms with Crippen LogP contribution in [0.25, 0.3) is 0 Å². The van der Waals surface area contributed by atoms with Crippen molar-refractivity contribution in [1.82, 2.24) is 5.32 Å². The summed E-state index contributed by atoms with van der Waals surface area (Å²) in [6.45, 7) is 0. The molecule has 1 aliphatic rings. The Bertz CT molecular complexity index is 615. The van der Waals surface area contributed by atoms with Crippen molar-refractivity contribution in [3.8, 4) is 0 Å². The van der Waals surface area contributed by atoms with Crippen LogP contribution in [0.4, 0.5) is 5.00 Å². The Balaban J connectivity index is 2.12. The van der Waals surface area contributed by atoms with Gasteiger partial charge in [-0.3, -0.25) is 19.9 Å². The van der Waals surface area contributed by atoms with Gasteiger partial charge in [-0.05, 0) is 6.07 Å².